The molecule has 27 heavy (non-hydrogen) atoms. The van der Waals surface area contributed by atoms with Crippen LogP contribution in [-0.4, -0.2) is 0 Å². The van der Waals surface area contributed by atoms with Gasteiger partial charge in [0.05, 0.1) is 11.1 Å². The Balaban J connectivity index is 0.000000817. The first-order chi connectivity index (χ1) is 12.5. The maximum atomic E-state index is 13.0. The van der Waals surface area contributed by atoms with Gasteiger partial charge in [0, 0.05) is 0 Å². The van der Waals surface area contributed by atoms with Crippen LogP contribution < -0.4 is 0 Å². The third-order valence-electron chi connectivity index (χ3n) is 3.96. The number of allylic oxidation sites excluding steroid dienone is 1. The van der Waals surface area contributed by atoms with E-state index in [1.54, 1.807) is 18.2 Å². The van der Waals surface area contributed by atoms with E-state index >= 15 is 0 Å². The van der Waals surface area contributed by atoms with Crippen molar-refractivity contribution in [1.29, 1.82) is 0 Å². The van der Waals surface area contributed by atoms with Gasteiger partial charge in [-0.05, 0) is 53.8 Å². The second-order valence-corrected chi connectivity index (χ2v) is 9.93. The quantitative estimate of drug-likeness (QED) is 0.255. The van der Waals surface area contributed by atoms with E-state index in [-0.39, 0.29) is 34.5 Å². The fourth-order valence-corrected chi connectivity index (χ4v) is 2.90. The average molecular weight is 551 g/mol. The van der Waals surface area contributed by atoms with Crippen LogP contribution in [0.1, 0.15) is 29.2 Å². The van der Waals surface area contributed by atoms with Crippen molar-refractivity contribution in [3.05, 3.63) is 64.2 Å². The minimum atomic E-state index is -4.85. The summed E-state index contributed by atoms with van der Waals surface area (Å²) in [6.07, 6.45) is -7.24. The van der Waals surface area contributed by atoms with Crippen molar-refractivity contribution < 1.29 is 49.2 Å². The maximum absolute atomic E-state index is 13.0. The average Bonchev–Trinajstić information content (AvgIpc) is 2.93. The number of alkyl halides is 6. The molecule has 7 heteroatoms. The van der Waals surface area contributed by atoms with Crippen LogP contribution in [0.15, 0.2) is 42.0 Å². The second-order valence-electron chi connectivity index (χ2n) is 6.34. The van der Waals surface area contributed by atoms with Crippen LogP contribution in [0, 0.1) is 0 Å². The molecule has 1 aliphatic carbocycles. The van der Waals surface area contributed by atoms with Crippen molar-refractivity contribution in [3.8, 4) is 11.1 Å². The molecule has 0 radical (unpaired) electrons. The Hall–Kier alpha value is -1.37. The molecule has 0 saturated heterocycles. The van der Waals surface area contributed by atoms with Crippen LogP contribution >= 0.6 is 0 Å². The topological polar surface area (TPSA) is 0 Å². The fraction of sp³-hybridized carbons (Fsp3) is 0.300. The Labute approximate surface area is 165 Å². The molecule has 0 unspecified atom stereocenters. The van der Waals surface area contributed by atoms with Crippen LogP contribution in [-0.2, 0) is 41.7 Å². The predicted octanol–water partition coefficient (Wildman–Crippen LogP) is 7.52. The van der Waals surface area contributed by atoms with E-state index in [0.717, 1.165) is 23.3 Å². The molecule has 1 aliphatic rings. The van der Waals surface area contributed by atoms with Crippen molar-refractivity contribution >= 4 is 6.08 Å². The fourth-order valence-electron chi connectivity index (χ4n) is 2.90. The molecule has 0 bridgehead atoms. The standard InChI is InChI=1S/C18H12F6.2CH3.Hf/c1-10-5-11-3-2-4-15(16(11)6-10)12-7-13(17(19,20)21)9-14(8-12)18(22,23)24;;;/h2-4,6-9H,5H2,1H3;2*1H3;. The molecule has 0 N–H and O–H groups in total. The van der Waals surface area contributed by atoms with Crippen LogP contribution in [0.25, 0.3) is 17.2 Å². The molecule has 0 aliphatic heterocycles. The molecular weight excluding hydrogens is 533 g/mol. The molecule has 144 valence electrons. The van der Waals surface area contributed by atoms with E-state index in [1.165, 1.54) is 0 Å². The van der Waals surface area contributed by atoms with Gasteiger partial charge < -0.3 is 0 Å². The van der Waals surface area contributed by atoms with Crippen molar-refractivity contribution in [2.75, 3.05) is 0 Å². The molecule has 3 rings (SSSR count). The van der Waals surface area contributed by atoms with E-state index < -0.39 is 23.5 Å². The summed E-state index contributed by atoms with van der Waals surface area (Å²) in [5.41, 5.74) is 0.284. The van der Waals surface area contributed by atoms with Gasteiger partial charge in [-0.3, -0.25) is 0 Å². The first-order valence-electron chi connectivity index (χ1n) is 8.14. The molecule has 0 saturated carbocycles. The summed E-state index contributed by atoms with van der Waals surface area (Å²) in [6, 6.07) is 6.70. The van der Waals surface area contributed by atoms with Gasteiger partial charge >= 0.3 is 44.6 Å². The van der Waals surface area contributed by atoms with Crippen molar-refractivity contribution in [3.63, 3.8) is 0 Å². The van der Waals surface area contributed by atoms with Crippen LogP contribution in [0.5, 0.6) is 0 Å². The number of fused-ring (bicyclic) bond motifs is 1. The normalized spacial score (nSPS) is 13.4. The second kappa shape index (κ2) is 8.33. The molecule has 0 heterocycles. The summed E-state index contributed by atoms with van der Waals surface area (Å²) in [5.74, 6) is 0. The van der Waals surface area contributed by atoms with E-state index in [4.69, 9.17) is 0 Å². The Bertz CT molecular complexity index is 814. The van der Waals surface area contributed by atoms with Gasteiger partial charge in [-0.25, -0.2) is 0 Å². The number of rotatable bonds is 1. The molecule has 0 aromatic heterocycles. The van der Waals surface area contributed by atoms with E-state index in [0.29, 0.717) is 17.5 Å². The molecular formula is C20H18F6Hf. The Morgan fingerprint density at radius 1 is 0.852 bits per heavy atom. The van der Waals surface area contributed by atoms with E-state index in [1.807, 2.05) is 13.0 Å². The summed E-state index contributed by atoms with van der Waals surface area (Å²) >= 11 is 0.0833. The number of halogens is 6. The SMILES string of the molecule is CC1=Cc2c(cccc2-c2cc(C(F)(F)F)cc(C(F)(F)F)c2)C1.[CH3][Hf][CH3]. The van der Waals surface area contributed by atoms with Gasteiger partial charge in [-0.15, -0.1) is 0 Å². The molecule has 2 aromatic rings. The summed E-state index contributed by atoms with van der Waals surface area (Å²) in [7, 11) is 0. The molecule has 0 nitrogen and oxygen atoms in total. The van der Waals surface area contributed by atoms with Crippen LogP contribution in [0.2, 0.25) is 9.36 Å². The van der Waals surface area contributed by atoms with Crippen LogP contribution in [0.4, 0.5) is 26.3 Å². The minimum absolute atomic E-state index is 0.0833. The first kappa shape index (κ1) is 21.9. The first-order valence-corrected chi connectivity index (χ1v) is 15.3. The summed E-state index contributed by atoms with van der Waals surface area (Å²) in [6.45, 7) is 1.87. The molecule has 0 spiro atoms. The van der Waals surface area contributed by atoms with Gasteiger partial charge in [0.2, 0.25) is 0 Å². The van der Waals surface area contributed by atoms with E-state index in [2.05, 4.69) is 9.36 Å². The summed E-state index contributed by atoms with van der Waals surface area (Å²) in [4.78, 5) is 0. The van der Waals surface area contributed by atoms with Crippen molar-refractivity contribution in [2.24, 2.45) is 0 Å². The van der Waals surface area contributed by atoms with Gasteiger partial charge in [-0.2, -0.15) is 26.3 Å². The number of hydrogen-bond acceptors (Lipinski definition) is 0. The Morgan fingerprint density at radius 2 is 1.37 bits per heavy atom. The number of hydrogen-bond donors (Lipinski definition) is 0. The molecule has 2 aromatic carbocycles. The van der Waals surface area contributed by atoms with Gasteiger partial charge in [0.15, 0.2) is 0 Å². The van der Waals surface area contributed by atoms with Crippen LogP contribution in [0.3, 0.4) is 0 Å². The van der Waals surface area contributed by atoms with Gasteiger partial charge in [0.1, 0.15) is 0 Å². The van der Waals surface area contributed by atoms with Gasteiger partial charge in [0.25, 0.3) is 0 Å². The molecule has 0 amide bonds. The zero-order chi connectivity index (χ0) is 20.4. The Kier molecular flexibility index (Phi) is 6.77. The monoisotopic (exact) mass is 552 g/mol. The Morgan fingerprint density at radius 3 is 1.85 bits per heavy atom. The zero-order valence-electron chi connectivity index (χ0n) is 15.0. The third kappa shape index (κ3) is 5.33. The number of benzene rings is 2. The third-order valence-corrected chi connectivity index (χ3v) is 3.96. The predicted molar refractivity (Wildman–Crippen MR) is 91.0 cm³/mol. The molecule has 0 fully saturated rings. The van der Waals surface area contributed by atoms with E-state index in [9.17, 15) is 26.3 Å². The summed E-state index contributed by atoms with van der Waals surface area (Å²) in [5, 5.41) is 0. The zero-order valence-corrected chi connectivity index (χ0v) is 18.6. The molecule has 0 atom stereocenters. The van der Waals surface area contributed by atoms with Gasteiger partial charge in [-0.1, -0.05) is 29.8 Å². The summed E-state index contributed by atoms with van der Waals surface area (Å²) < 4.78 is 82.7. The van der Waals surface area contributed by atoms with Crippen molar-refractivity contribution in [1.82, 2.24) is 0 Å². The van der Waals surface area contributed by atoms with Crippen molar-refractivity contribution in [2.45, 2.75) is 35.1 Å².